The smallest absolute Gasteiger partial charge is 0.310 e. The van der Waals surface area contributed by atoms with Crippen LogP contribution >= 0.6 is 0 Å². The molecule has 3 aromatic rings. The largest absolute Gasteiger partial charge is 0.416 e. The summed E-state index contributed by atoms with van der Waals surface area (Å²) in [7, 11) is -3.48. The lowest BCUT2D eigenvalue weighted by atomic mass is 10.1. The fraction of sp³-hybridized carbons (Fsp3) is 0.353. The van der Waals surface area contributed by atoms with Gasteiger partial charge in [0.2, 0.25) is 0 Å². The predicted octanol–water partition coefficient (Wildman–Crippen LogP) is 2.60. The van der Waals surface area contributed by atoms with Crippen molar-refractivity contribution >= 4 is 20.9 Å². The van der Waals surface area contributed by atoms with Crippen LogP contribution in [0.3, 0.4) is 0 Å². The molecule has 28 heavy (non-hydrogen) atoms. The number of aryl methyl sites for hydroxylation is 1. The molecule has 7 nitrogen and oxygen atoms in total. The zero-order valence-corrected chi connectivity index (χ0v) is 16.0. The van der Waals surface area contributed by atoms with E-state index in [2.05, 4.69) is 15.1 Å². The van der Waals surface area contributed by atoms with Gasteiger partial charge in [0, 0.05) is 6.26 Å². The fourth-order valence-corrected chi connectivity index (χ4v) is 3.63. The number of rotatable bonds is 4. The average molecular weight is 414 g/mol. The Morgan fingerprint density at radius 1 is 1.21 bits per heavy atom. The average Bonchev–Trinajstić information content (AvgIpc) is 2.90. The maximum atomic E-state index is 12.8. The Morgan fingerprint density at radius 2 is 1.82 bits per heavy atom. The second kappa shape index (κ2) is 6.73. The van der Waals surface area contributed by atoms with E-state index in [9.17, 15) is 26.4 Å². The molecule has 0 bridgehead atoms. The molecular weight excluding hydrogens is 397 g/mol. The molecule has 2 heterocycles. The molecule has 0 aliphatic rings. The molecule has 0 amide bonds. The van der Waals surface area contributed by atoms with Crippen LogP contribution in [0.1, 0.15) is 35.6 Å². The summed E-state index contributed by atoms with van der Waals surface area (Å²) in [6, 6.07) is 3.97. The molecule has 1 N–H and O–H groups in total. The Hall–Kier alpha value is -2.69. The lowest BCUT2D eigenvalue weighted by Gasteiger charge is -2.15. The van der Waals surface area contributed by atoms with Crippen molar-refractivity contribution in [1.29, 1.82) is 0 Å². The van der Waals surface area contributed by atoms with Crippen LogP contribution in [0.4, 0.5) is 13.2 Å². The first-order valence-electron chi connectivity index (χ1n) is 8.19. The molecule has 0 saturated carbocycles. The molecule has 11 heteroatoms. The molecule has 1 unspecified atom stereocenters. The predicted molar refractivity (Wildman–Crippen MR) is 96.7 cm³/mol. The fourth-order valence-electron chi connectivity index (χ4n) is 2.94. The molecule has 0 radical (unpaired) electrons. The van der Waals surface area contributed by atoms with Gasteiger partial charge in [-0.3, -0.25) is 4.79 Å². The first-order chi connectivity index (χ1) is 12.9. The molecule has 0 saturated heterocycles. The highest BCUT2D eigenvalue weighted by atomic mass is 32.2. The maximum Gasteiger partial charge on any atom is 0.416 e. The molecule has 0 fully saturated rings. The zero-order valence-electron chi connectivity index (χ0n) is 15.2. The van der Waals surface area contributed by atoms with Gasteiger partial charge in [0.25, 0.3) is 5.56 Å². The standard InChI is InChI=1S/C17H17F3N4O3S/c1-9(11-4-6-12(7-5-11)17(18,19)20)24-15-14(16(25)22-10(2)21-15)13(23-24)8-28(3,26)27/h4-7,9H,8H2,1-3H3,(H,21,22,25). The number of H-pyrrole nitrogens is 1. The van der Waals surface area contributed by atoms with Gasteiger partial charge in [0.15, 0.2) is 15.5 Å². The molecule has 150 valence electrons. The van der Waals surface area contributed by atoms with Crippen molar-refractivity contribution in [2.45, 2.75) is 31.8 Å². The minimum absolute atomic E-state index is 0.0463. The van der Waals surface area contributed by atoms with Crippen molar-refractivity contribution < 1.29 is 21.6 Å². The number of hydrogen-bond acceptors (Lipinski definition) is 5. The number of benzene rings is 1. The van der Waals surface area contributed by atoms with Crippen molar-refractivity contribution in [2.75, 3.05) is 6.26 Å². The number of nitrogens with one attached hydrogen (secondary N) is 1. The molecule has 1 atom stereocenters. The highest BCUT2D eigenvalue weighted by Gasteiger charge is 2.30. The van der Waals surface area contributed by atoms with Crippen molar-refractivity contribution in [1.82, 2.24) is 19.7 Å². The maximum absolute atomic E-state index is 12.8. The quantitative estimate of drug-likeness (QED) is 0.708. The van der Waals surface area contributed by atoms with E-state index in [1.54, 1.807) is 13.8 Å². The monoisotopic (exact) mass is 414 g/mol. The van der Waals surface area contributed by atoms with E-state index in [-0.39, 0.29) is 16.7 Å². The summed E-state index contributed by atoms with van der Waals surface area (Å²) >= 11 is 0. The van der Waals surface area contributed by atoms with E-state index < -0.39 is 38.9 Å². The van der Waals surface area contributed by atoms with Gasteiger partial charge in [-0.25, -0.2) is 18.1 Å². The van der Waals surface area contributed by atoms with E-state index in [1.165, 1.54) is 16.8 Å². The third kappa shape index (κ3) is 3.93. The summed E-state index contributed by atoms with van der Waals surface area (Å²) in [5.41, 5.74) is -0.579. The van der Waals surface area contributed by atoms with Gasteiger partial charge in [0.1, 0.15) is 11.2 Å². The molecule has 2 aromatic heterocycles. The van der Waals surface area contributed by atoms with E-state index in [4.69, 9.17) is 0 Å². The number of aromatic nitrogens is 4. The minimum Gasteiger partial charge on any atom is -0.310 e. The first kappa shape index (κ1) is 20.1. The van der Waals surface area contributed by atoms with E-state index in [1.807, 2.05) is 0 Å². The summed E-state index contributed by atoms with van der Waals surface area (Å²) < 4.78 is 63.1. The molecule has 0 spiro atoms. The molecule has 0 aliphatic heterocycles. The summed E-state index contributed by atoms with van der Waals surface area (Å²) in [6.45, 7) is 3.24. The number of fused-ring (bicyclic) bond motifs is 1. The van der Waals surface area contributed by atoms with Crippen LogP contribution < -0.4 is 5.56 Å². The topological polar surface area (TPSA) is 97.7 Å². The second-order valence-corrected chi connectivity index (χ2v) is 8.75. The minimum atomic E-state index is -4.45. The third-order valence-electron chi connectivity index (χ3n) is 4.24. The van der Waals surface area contributed by atoms with Gasteiger partial charge in [0.05, 0.1) is 23.1 Å². The summed E-state index contributed by atoms with van der Waals surface area (Å²) in [5.74, 6) is -0.145. The number of halogens is 3. The molecule has 3 rings (SSSR count). The number of sulfone groups is 1. The van der Waals surface area contributed by atoms with E-state index >= 15 is 0 Å². The van der Waals surface area contributed by atoms with E-state index in [0.29, 0.717) is 11.4 Å². The Labute approximate surface area is 158 Å². The van der Waals surface area contributed by atoms with Gasteiger partial charge < -0.3 is 4.98 Å². The number of alkyl halides is 3. The van der Waals surface area contributed by atoms with Crippen LogP contribution in [0.25, 0.3) is 11.0 Å². The first-order valence-corrected chi connectivity index (χ1v) is 10.3. The highest BCUT2D eigenvalue weighted by Crippen LogP contribution is 2.31. The summed E-state index contributed by atoms with van der Waals surface area (Å²) in [4.78, 5) is 19.1. The lowest BCUT2D eigenvalue weighted by molar-refractivity contribution is -0.137. The van der Waals surface area contributed by atoms with Crippen LogP contribution in [-0.2, 0) is 21.8 Å². The van der Waals surface area contributed by atoms with Crippen LogP contribution in [0.2, 0.25) is 0 Å². The zero-order chi connectivity index (χ0) is 20.9. The summed E-state index contributed by atoms with van der Waals surface area (Å²) in [5, 5.41) is 4.31. The van der Waals surface area contributed by atoms with Crippen LogP contribution in [0, 0.1) is 6.92 Å². The van der Waals surface area contributed by atoms with Crippen molar-refractivity contribution in [3.8, 4) is 0 Å². The van der Waals surface area contributed by atoms with Crippen molar-refractivity contribution in [3.05, 3.63) is 57.3 Å². The Bertz CT molecular complexity index is 1200. The van der Waals surface area contributed by atoms with Gasteiger partial charge in [-0.05, 0) is 31.5 Å². The molecular formula is C17H17F3N4O3S. The number of hydrogen-bond donors (Lipinski definition) is 1. The van der Waals surface area contributed by atoms with Gasteiger partial charge in [-0.1, -0.05) is 12.1 Å². The molecule has 0 aliphatic carbocycles. The second-order valence-electron chi connectivity index (χ2n) is 6.61. The third-order valence-corrected chi connectivity index (χ3v) is 5.04. The van der Waals surface area contributed by atoms with Crippen LogP contribution in [0.15, 0.2) is 29.1 Å². The molecule has 1 aromatic carbocycles. The van der Waals surface area contributed by atoms with Gasteiger partial charge >= 0.3 is 6.18 Å². The van der Waals surface area contributed by atoms with Gasteiger partial charge in [-0.15, -0.1) is 0 Å². The van der Waals surface area contributed by atoms with E-state index in [0.717, 1.165) is 18.4 Å². The van der Waals surface area contributed by atoms with Gasteiger partial charge in [-0.2, -0.15) is 18.3 Å². The number of nitrogens with zero attached hydrogens (tertiary/aromatic N) is 3. The SMILES string of the molecule is Cc1nc2c(c(CS(C)(=O)=O)nn2C(C)c2ccc(C(F)(F)F)cc2)c(=O)[nH]1. The Morgan fingerprint density at radius 3 is 2.36 bits per heavy atom. The van der Waals surface area contributed by atoms with Crippen LogP contribution in [0.5, 0.6) is 0 Å². The Balaban J connectivity index is 2.15. The lowest BCUT2D eigenvalue weighted by Crippen LogP contribution is -2.13. The van der Waals surface area contributed by atoms with Crippen molar-refractivity contribution in [3.63, 3.8) is 0 Å². The van der Waals surface area contributed by atoms with Crippen molar-refractivity contribution in [2.24, 2.45) is 0 Å². The normalized spacial score (nSPS) is 13.8. The Kier molecular flexibility index (Phi) is 4.82. The highest BCUT2D eigenvalue weighted by molar-refractivity contribution is 7.89. The summed E-state index contributed by atoms with van der Waals surface area (Å²) in [6.07, 6.45) is -3.43. The number of aromatic amines is 1. The van der Waals surface area contributed by atoms with Crippen LogP contribution in [-0.4, -0.2) is 34.4 Å².